The molecule has 28 heavy (non-hydrogen) atoms. The smallest absolute Gasteiger partial charge is 0.251 e. The molecule has 0 unspecified atom stereocenters. The minimum absolute atomic E-state index is 0.139. The van der Waals surface area contributed by atoms with E-state index in [0.29, 0.717) is 18.7 Å². The lowest BCUT2D eigenvalue weighted by Crippen LogP contribution is -2.28. The zero-order valence-corrected chi connectivity index (χ0v) is 17.8. The van der Waals surface area contributed by atoms with Crippen LogP contribution in [0.1, 0.15) is 58.4 Å². The second kappa shape index (κ2) is 8.05. The maximum Gasteiger partial charge on any atom is 0.251 e. The number of nitrogens with zero attached hydrogens (tertiary/aromatic N) is 1. The van der Waals surface area contributed by atoms with Crippen LogP contribution in [0.25, 0.3) is 0 Å². The number of amides is 1. The van der Waals surface area contributed by atoms with Gasteiger partial charge in [-0.1, -0.05) is 12.1 Å². The van der Waals surface area contributed by atoms with Gasteiger partial charge in [-0.25, -0.2) is 8.42 Å². The van der Waals surface area contributed by atoms with E-state index in [1.54, 1.807) is 12.1 Å². The fourth-order valence-electron chi connectivity index (χ4n) is 3.66. The summed E-state index contributed by atoms with van der Waals surface area (Å²) in [6.07, 6.45) is 1.80. The second-order valence-corrected chi connectivity index (χ2v) is 9.56. The number of benzene rings is 2. The Labute approximate surface area is 167 Å². The van der Waals surface area contributed by atoms with E-state index in [1.807, 2.05) is 13.8 Å². The van der Waals surface area contributed by atoms with Crippen molar-refractivity contribution >= 4 is 15.9 Å². The van der Waals surface area contributed by atoms with Gasteiger partial charge in [0.2, 0.25) is 10.0 Å². The van der Waals surface area contributed by atoms with Crippen LogP contribution in [0, 0.1) is 20.8 Å². The summed E-state index contributed by atoms with van der Waals surface area (Å²) in [7, 11) is -3.46. The topological polar surface area (TPSA) is 66.5 Å². The molecule has 1 amide bonds. The summed E-state index contributed by atoms with van der Waals surface area (Å²) >= 11 is 0. The van der Waals surface area contributed by atoms with Crippen LogP contribution in [0.2, 0.25) is 0 Å². The third-order valence-corrected chi connectivity index (χ3v) is 7.43. The van der Waals surface area contributed by atoms with Gasteiger partial charge in [-0.05, 0) is 87.1 Å². The lowest BCUT2D eigenvalue weighted by molar-refractivity contribution is 0.0939. The van der Waals surface area contributed by atoms with E-state index in [1.165, 1.54) is 27.6 Å². The van der Waals surface area contributed by atoms with Gasteiger partial charge in [-0.3, -0.25) is 4.79 Å². The Balaban J connectivity index is 1.74. The molecule has 1 aliphatic heterocycles. The van der Waals surface area contributed by atoms with Gasteiger partial charge in [-0.15, -0.1) is 0 Å². The van der Waals surface area contributed by atoms with Crippen molar-refractivity contribution < 1.29 is 13.2 Å². The molecular weight excluding hydrogens is 372 g/mol. The van der Waals surface area contributed by atoms with E-state index < -0.39 is 10.0 Å². The van der Waals surface area contributed by atoms with Crippen LogP contribution < -0.4 is 5.32 Å². The first-order chi connectivity index (χ1) is 13.2. The molecule has 1 atom stereocenters. The van der Waals surface area contributed by atoms with Crippen molar-refractivity contribution in [3.05, 3.63) is 64.2 Å². The Morgan fingerprint density at radius 3 is 2.14 bits per heavy atom. The van der Waals surface area contributed by atoms with Gasteiger partial charge in [0.1, 0.15) is 0 Å². The molecule has 3 rings (SSSR count). The number of rotatable bonds is 5. The molecule has 0 aromatic heterocycles. The van der Waals surface area contributed by atoms with E-state index in [4.69, 9.17) is 0 Å². The molecule has 1 saturated heterocycles. The average Bonchev–Trinajstić information content (AvgIpc) is 3.20. The molecule has 1 fully saturated rings. The summed E-state index contributed by atoms with van der Waals surface area (Å²) in [6, 6.07) is 10.3. The average molecular weight is 401 g/mol. The Morgan fingerprint density at radius 1 is 0.964 bits per heavy atom. The molecular formula is C22H28N2O3S. The predicted octanol–water partition coefficient (Wildman–Crippen LogP) is 3.89. The van der Waals surface area contributed by atoms with E-state index >= 15 is 0 Å². The van der Waals surface area contributed by atoms with Crippen molar-refractivity contribution in [1.29, 1.82) is 0 Å². The molecule has 0 saturated carbocycles. The van der Waals surface area contributed by atoms with Gasteiger partial charge >= 0.3 is 0 Å². The molecule has 0 spiro atoms. The highest BCUT2D eigenvalue weighted by Gasteiger charge is 2.27. The highest BCUT2D eigenvalue weighted by Crippen LogP contribution is 2.23. The van der Waals surface area contributed by atoms with Crippen molar-refractivity contribution in [1.82, 2.24) is 9.62 Å². The Morgan fingerprint density at radius 2 is 1.54 bits per heavy atom. The van der Waals surface area contributed by atoms with E-state index in [-0.39, 0.29) is 16.8 Å². The molecule has 150 valence electrons. The normalized spacial score (nSPS) is 16.1. The van der Waals surface area contributed by atoms with Crippen molar-refractivity contribution in [3.63, 3.8) is 0 Å². The third-order valence-electron chi connectivity index (χ3n) is 5.52. The van der Waals surface area contributed by atoms with Crippen LogP contribution in [0.4, 0.5) is 0 Å². The zero-order valence-electron chi connectivity index (χ0n) is 17.0. The summed E-state index contributed by atoms with van der Waals surface area (Å²) < 4.78 is 26.7. The molecule has 0 radical (unpaired) electrons. The van der Waals surface area contributed by atoms with Gasteiger partial charge in [0.05, 0.1) is 10.9 Å². The summed E-state index contributed by atoms with van der Waals surface area (Å²) in [5.41, 5.74) is 5.11. The number of hydrogen-bond donors (Lipinski definition) is 1. The monoisotopic (exact) mass is 400 g/mol. The first-order valence-electron chi connectivity index (χ1n) is 9.69. The summed E-state index contributed by atoms with van der Waals surface area (Å²) in [5.74, 6) is -0.213. The van der Waals surface area contributed by atoms with E-state index in [2.05, 4.69) is 31.3 Å². The Kier molecular flexibility index (Phi) is 5.91. The van der Waals surface area contributed by atoms with Crippen LogP contribution in [-0.4, -0.2) is 31.7 Å². The van der Waals surface area contributed by atoms with Crippen LogP contribution in [0.3, 0.4) is 0 Å². The molecule has 2 aromatic carbocycles. The Hall–Kier alpha value is -2.18. The second-order valence-electron chi connectivity index (χ2n) is 7.62. The van der Waals surface area contributed by atoms with Crippen molar-refractivity contribution in [2.24, 2.45) is 0 Å². The number of carbonyl (C=O) groups excluding carboxylic acids is 1. The van der Waals surface area contributed by atoms with E-state index in [9.17, 15) is 13.2 Å². The SMILES string of the molecule is Cc1cc(C)c([C@@H](C)NC(=O)c2ccc(S(=O)(=O)N3CCCC3)cc2)cc1C. The van der Waals surface area contributed by atoms with Crippen molar-refractivity contribution in [3.8, 4) is 0 Å². The molecule has 1 aliphatic rings. The fraction of sp³-hybridized carbons (Fsp3) is 0.409. The minimum Gasteiger partial charge on any atom is -0.346 e. The number of aryl methyl sites for hydroxylation is 3. The molecule has 6 heteroatoms. The molecule has 0 aliphatic carbocycles. The lowest BCUT2D eigenvalue weighted by atomic mass is 9.96. The number of carbonyl (C=O) groups is 1. The highest BCUT2D eigenvalue weighted by atomic mass is 32.2. The zero-order chi connectivity index (χ0) is 20.5. The first-order valence-corrected chi connectivity index (χ1v) is 11.1. The van der Waals surface area contributed by atoms with Gasteiger partial charge in [0, 0.05) is 18.7 Å². The predicted molar refractivity (Wildman–Crippen MR) is 111 cm³/mol. The molecule has 5 nitrogen and oxygen atoms in total. The lowest BCUT2D eigenvalue weighted by Gasteiger charge is -2.19. The van der Waals surface area contributed by atoms with Gasteiger partial charge < -0.3 is 5.32 Å². The quantitative estimate of drug-likeness (QED) is 0.828. The molecule has 1 heterocycles. The number of nitrogens with one attached hydrogen (secondary N) is 1. The maximum absolute atomic E-state index is 12.6. The van der Waals surface area contributed by atoms with E-state index in [0.717, 1.165) is 24.0 Å². The number of hydrogen-bond acceptors (Lipinski definition) is 3. The summed E-state index contributed by atoms with van der Waals surface area (Å²) in [4.78, 5) is 12.9. The fourth-order valence-corrected chi connectivity index (χ4v) is 5.18. The maximum atomic E-state index is 12.6. The molecule has 1 N–H and O–H groups in total. The van der Waals surface area contributed by atoms with Crippen LogP contribution in [-0.2, 0) is 10.0 Å². The summed E-state index contributed by atoms with van der Waals surface area (Å²) in [5, 5.41) is 3.01. The standard InChI is InChI=1S/C22H28N2O3S/c1-15-13-17(3)21(14-16(15)2)18(4)23-22(25)19-7-9-20(10-8-19)28(26,27)24-11-5-6-12-24/h7-10,13-14,18H,5-6,11-12H2,1-4H3,(H,23,25)/t18-/m1/s1. The van der Waals surface area contributed by atoms with Crippen molar-refractivity contribution in [2.75, 3.05) is 13.1 Å². The van der Waals surface area contributed by atoms with Crippen LogP contribution in [0.15, 0.2) is 41.3 Å². The summed E-state index contributed by atoms with van der Waals surface area (Å²) in [6.45, 7) is 9.28. The Bertz CT molecular complexity index is 976. The first kappa shape index (κ1) is 20.6. The van der Waals surface area contributed by atoms with Crippen molar-refractivity contribution in [2.45, 2.75) is 51.5 Å². The van der Waals surface area contributed by atoms with Gasteiger partial charge in [-0.2, -0.15) is 4.31 Å². The number of sulfonamides is 1. The van der Waals surface area contributed by atoms with Crippen LogP contribution >= 0.6 is 0 Å². The largest absolute Gasteiger partial charge is 0.346 e. The van der Waals surface area contributed by atoms with Gasteiger partial charge in [0.15, 0.2) is 0 Å². The third kappa shape index (κ3) is 4.13. The van der Waals surface area contributed by atoms with Gasteiger partial charge in [0.25, 0.3) is 5.91 Å². The highest BCUT2D eigenvalue weighted by molar-refractivity contribution is 7.89. The van der Waals surface area contributed by atoms with Crippen LogP contribution in [0.5, 0.6) is 0 Å². The molecule has 0 bridgehead atoms. The minimum atomic E-state index is -3.46. The molecule has 2 aromatic rings.